The third-order valence-electron chi connectivity index (χ3n) is 6.28. The quantitative estimate of drug-likeness (QED) is 0.291. The molecule has 6 rings (SSSR count). The standard InChI is InChI=1S/C28H21FN6OS/c1-34-16-21(27(33-34)17-4-8-20(29)9-5-17)19-7-11-26-31-14-23(35(26)15-19)18-6-10-22-25(13-18)37-28(32-22)24(36)3-2-12-30/h4-11,13-16,24,36H,2-3H2,1H3/t24-/m0/s1. The van der Waals surface area contributed by atoms with E-state index in [-0.39, 0.29) is 12.2 Å². The maximum absolute atomic E-state index is 13.5. The van der Waals surface area contributed by atoms with E-state index in [2.05, 4.69) is 27.2 Å². The summed E-state index contributed by atoms with van der Waals surface area (Å²) >= 11 is 1.44. The van der Waals surface area contributed by atoms with E-state index in [9.17, 15) is 9.50 Å². The fourth-order valence-electron chi connectivity index (χ4n) is 4.44. The number of aliphatic hydroxyl groups is 1. The van der Waals surface area contributed by atoms with Gasteiger partial charge in [-0.1, -0.05) is 6.07 Å². The summed E-state index contributed by atoms with van der Waals surface area (Å²) in [6.07, 6.45) is 5.75. The lowest BCUT2D eigenvalue weighted by atomic mass is 10.0. The molecule has 1 atom stereocenters. The average molecular weight is 509 g/mol. The summed E-state index contributed by atoms with van der Waals surface area (Å²) in [4.78, 5) is 9.14. The van der Waals surface area contributed by atoms with Crippen LogP contribution in [0, 0.1) is 17.1 Å². The number of hydrogen-bond donors (Lipinski definition) is 1. The molecular weight excluding hydrogens is 487 g/mol. The summed E-state index contributed by atoms with van der Waals surface area (Å²) in [5.41, 5.74) is 7.03. The molecule has 4 heterocycles. The first-order valence-electron chi connectivity index (χ1n) is 11.7. The van der Waals surface area contributed by atoms with Gasteiger partial charge in [-0.3, -0.25) is 9.08 Å². The lowest BCUT2D eigenvalue weighted by molar-refractivity contribution is 0.169. The molecule has 7 nitrogen and oxygen atoms in total. The molecule has 0 aliphatic carbocycles. The third-order valence-corrected chi connectivity index (χ3v) is 7.40. The summed E-state index contributed by atoms with van der Waals surface area (Å²) in [5.74, 6) is -0.285. The molecule has 0 aliphatic rings. The maximum atomic E-state index is 13.5. The summed E-state index contributed by atoms with van der Waals surface area (Å²) in [6.45, 7) is 0. The average Bonchev–Trinajstić information content (AvgIpc) is 3.63. The Kier molecular flexibility index (Phi) is 5.75. The van der Waals surface area contributed by atoms with E-state index in [1.807, 2.05) is 54.3 Å². The molecule has 4 aromatic heterocycles. The molecule has 37 heavy (non-hydrogen) atoms. The van der Waals surface area contributed by atoms with Crippen LogP contribution in [0.3, 0.4) is 0 Å². The number of fused-ring (bicyclic) bond motifs is 2. The number of aliphatic hydroxyl groups excluding tert-OH is 1. The van der Waals surface area contributed by atoms with Crippen LogP contribution in [0.5, 0.6) is 0 Å². The van der Waals surface area contributed by atoms with Gasteiger partial charge in [0, 0.05) is 48.1 Å². The number of nitriles is 1. The van der Waals surface area contributed by atoms with Crippen molar-refractivity contribution in [1.29, 1.82) is 5.26 Å². The van der Waals surface area contributed by atoms with Gasteiger partial charge in [-0.15, -0.1) is 11.3 Å². The predicted molar refractivity (Wildman–Crippen MR) is 141 cm³/mol. The molecule has 0 spiro atoms. The summed E-state index contributed by atoms with van der Waals surface area (Å²) in [7, 11) is 1.87. The van der Waals surface area contributed by atoms with Crippen molar-refractivity contribution in [2.24, 2.45) is 7.05 Å². The van der Waals surface area contributed by atoms with Gasteiger partial charge in [0.1, 0.15) is 28.3 Å². The number of nitrogens with zero attached hydrogens (tertiary/aromatic N) is 6. The van der Waals surface area contributed by atoms with E-state index in [1.165, 1.54) is 23.5 Å². The second-order valence-electron chi connectivity index (χ2n) is 8.81. The summed E-state index contributed by atoms with van der Waals surface area (Å²) < 4.78 is 18.3. The Morgan fingerprint density at radius 2 is 1.84 bits per heavy atom. The van der Waals surface area contributed by atoms with Gasteiger partial charge in [0.05, 0.1) is 28.2 Å². The highest BCUT2D eigenvalue weighted by Gasteiger charge is 2.17. The second kappa shape index (κ2) is 9.24. The molecule has 0 saturated heterocycles. The number of thiazole rings is 1. The number of aromatic nitrogens is 5. The molecule has 0 bridgehead atoms. The van der Waals surface area contributed by atoms with Gasteiger partial charge in [-0.25, -0.2) is 14.4 Å². The van der Waals surface area contributed by atoms with Crippen molar-refractivity contribution in [3.63, 3.8) is 0 Å². The first-order chi connectivity index (χ1) is 18.0. The van der Waals surface area contributed by atoms with Crippen molar-refractivity contribution in [3.05, 3.63) is 84.0 Å². The van der Waals surface area contributed by atoms with Gasteiger partial charge in [-0.05, 0) is 55.0 Å². The van der Waals surface area contributed by atoms with Crippen LogP contribution in [0.2, 0.25) is 0 Å². The number of aryl methyl sites for hydroxylation is 1. The van der Waals surface area contributed by atoms with Crippen molar-refractivity contribution in [2.75, 3.05) is 0 Å². The zero-order valence-electron chi connectivity index (χ0n) is 19.8. The molecule has 2 aromatic carbocycles. The number of halogens is 1. The lowest BCUT2D eigenvalue weighted by Crippen LogP contribution is -1.95. The predicted octanol–water partition coefficient (Wildman–Crippen LogP) is 6.15. The summed E-state index contributed by atoms with van der Waals surface area (Å²) in [6, 6.07) is 18.4. The van der Waals surface area contributed by atoms with Gasteiger partial charge in [-0.2, -0.15) is 10.4 Å². The molecule has 0 unspecified atom stereocenters. The zero-order valence-corrected chi connectivity index (χ0v) is 20.7. The maximum Gasteiger partial charge on any atom is 0.137 e. The van der Waals surface area contributed by atoms with Gasteiger partial charge >= 0.3 is 0 Å². The second-order valence-corrected chi connectivity index (χ2v) is 9.87. The van der Waals surface area contributed by atoms with Crippen LogP contribution >= 0.6 is 11.3 Å². The van der Waals surface area contributed by atoms with Crippen LogP contribution in [0.15, 0.2) is 73.2 Å². The Labute approximate surface area is 215 Å². The molecule has 6 aromatic rings. The van der Waals surface area contributed by atoms with E-state index >= 15 is 0 Å². The van der Waals surface area contributed by atoms with Crippen LogP contribution in [0.4, 0.5) is 4.39 Å². The van der Waals surface area contributed by atoms with E-state index in [0.29, 0.717) is 11.4 Å². The lowest BCUT2D eigenvalue weighted by Gasteiger charge is -2.07. The Hall–Kier alpha value is -4.39. The van der Waals surface area contributed by atoms with E-state index < -0.39 is 6.10 Å². The fourth-order valence-corrected chi connectivity index (χ4v) is 5.47. The number of imidazole rings is 1. The molecule has 0 radical (unpaired) electrons. The minimum absolute atomic E-state index is 0.284. The normalized spacial score (nSPS) is 12.3. The monoisotopic (exact) mass is 508 g/mol. The minimum atomic E-state index is -0.742. The molecule has 0 saturated carbocycles. The van der Waals surface area contributed by atoms with E-state index in [1.54, 1.807) is 16.8 Å². The SMILES string of the molecule is Cn1cc(-c2ccc3ncc(-c4ccc5nc([C@@H](O)CCC#N)sc5c4)n3c2)c(-c2ccc(F)cc2)n1. The largest absolute Gasteiger partial charge is 0.386 e. The molecule has 182 valence electrons. The molecular formula is C28H21FN6OS. The van der Waals surface area contributed by atoms with Gasteiger partial charge < -0.3 is 5.11 Å². The fraction of sp³-hybridized carbons (Fsp3) is 0.143. The van der Waals surface area contributed by atoms with Crippen LogP contribution in [0.25, 0.3) is 49.5 Å². The van der Waals surface area contributed by atoms with Crippen molar-refractivity contribution in [2.45, 2.75) is 18.9 Å². The number of pyridine rings is 1. The van der Waals surface area contributed by atoms with Crippen LogP contribution < -0.4 is 0 Å². The van der Waals surface area contributed by atoms with Gasteiger partial charge in [0.15, 0.2) is 0 Å². The molecule has 1 N–H and O–H groups in total. The number of hydrogen-bond acceptors (Lipinski definition) is 6. The Morgan fingerprint density at radius 3 is 2.65 bits per heavy atom. The molecule has 0 aliphatic heterocycles. The smallest absolute Gasteiger partial charge is 0.137 e. The number of benzene rings is 2. The van der Waals surface area contributed by atoms with Crippen LogP contribution in [0.1, 0.15) is 24.0 Å². The van der Waals surface area contributed by atoms with Gasteiger partial charge in [0.2, 0.25) is 0 Å². The van der Waals surface area contributed by atoms with E-state index in [0.717, 1.165) is 49.5 Å². The Morgan fingerprint density at radius 1 is 1.05 bits per heavy atom. The molecule has 0 amide bonds. The first kappa shape index (κ1) is 23.0. The summed E-state index contributed by atoms with van der Waals surface area (Å²) in [5, 5.41) is 24.4. The molecule has 9 heteroatoms. The number of rotatable bonds is 6. The minimum Gasteiger partial charge on any atom is -0.386 e. The van der Waals surface area contributed by atoms with E-state index in [4.69, 9.17) is 5.26 Å². The zero-order chi connectivity index (χ0) is 25.5. The Balaban J connectivity index is 1.41. The van der Waals surface area contributed by atoms with Gasteiger partial charge in [0.25, 0.3) is 0 Å². The highest BCUT2D eigenvalue weighted by Crippen LogP contribution is 2.34. The topological polar surface area (TPSA) is 92.0 Å². The van der Waals surface area contributed by atoms with Crippen molar-refractivity contribution >= 4 is 27.2 Å². The molecule has 0 fully saturated rings. The third kappa shape index (κ3) is 4.27. The van der Waals surface area contributed by atoms with Crippen molar-refractivity contribution in [1.82, 2.24) is 24.1 Å². The van der Waals surface area contributed by atoms with Crippen molar-refractivity contribution < 1.29 is 9.50 Å². The van der Waals surface area contributed by atoms with Crippen molar-refractivity contribution in [3.8, 4) is 39.7 Å². The highest BCUT2D eigenvalue weighted by atomic mass is 32.1. The highest BCUT2D eigenvalue weighted by molar-refractivity contribution is 7.18. The first-order valence-corrected chi connectivity index (χ1v) is 12.5. The van der Waals surface area contributed by atoms with Crippen LogP contribution in [-0.2, 0) is 7.05 Å². The Bertz CT molecular complexity index is 1790. The van der Waals surface area contributed by atoms with Crippen LogP contribution in [-0.4, -0.2) is 29.3 Å².